The van der Waals surface area contributed by atoms with E-state index in [1.165, 1.54) is 18.3 Å². The van der Waals surface area contributed by atoms with Gasteiger partial charge in [0.05, 0.1) is 17.7 Å². The highest BCUT2D eigenvalue weighted by Crippen LogP contribution is 2.38. The van der Waals surface area contributed by atoms with Crippen molar-refractivity contribution in [2.45, 2.75) is 45.6 Å². The first kappa shape index (κ1) is 21.5. The summed E-state index contributed by atoms with van der Waals surface area (Å²) in [7, 11) is 0. The number of rotatable bonds is 6. The lowest BCUT2D eigenvalue weighted by atomic mass is 9.95. The van der Waals surface area contributed by atoms with Crippen molar-refractivity contribution in [1.82, 2.24) is 0 Å². The van der Waals surface area contributed by atoms with Crippen LogP contribution in [0.15, 0.2) is 28.7 Å². The first-order chi connectivity index (χ1) is 13.9. The van der Waals surface area contributed by atoms with E-state index in [2.05, 4.69) is 21.2 Å². The minimum atomic E-state index is -1.01. The molecule has 6 nitrogen and oxygen atoms in total. The number of halogens is 1. The van der Waals surface area contributed by atoms with Crippen LogP contribution in [0.4, 0.5) is 5.00 Å². The van der Waals surface area contributed by atoms with Crippen LogP contribution < -0.4 is 5.32 Å². The lowest BCUT2D eigenvalue weighted by molar-refractivity contribution is -0.123. The van der Waals surface area contributed by atoms with E-state index < -0.39 is 23.9 Å². The molecule has 1 N–H and O–H groups in total. The fraction of sp³-hybridized carbons (Fsp3) is 0.381. The number of amides is 1. The van der Waals surface area contributed by atoms with Gasteiger partial charge in [0.15, 0.2) is 6.10 Å². The Morgan fingerprint density at radius 3 is 2.52 bits per heavy atom. The van der Waals surface area contributed by atoms with Crippen molar-refractivity contribution < 1.29 is 23.9 Å². The van der Waals surface area contributed by atoms with Crippen molar-refractivity contribution in [3.63, 3.8) is 0 Å². The fourth-order valence-electron chi connectivity index (χ4n) is 3.15. The molecule has 1 amide bonds. The Kier molecular flexibility index (Phi) is 7.08. The minimum Gasteiger partial charge on any atom is -0.462 e. The predicted molar refractivity (Wildman–Crippen MR) is 115 cm³/mol. The van der Waals surface area contributed by atoms with Gasteiger partial charge in [-0.1, -0.05) is 15.9 Å². The summed E-state index contributed by atoms with van der Waals surface area (Å²) in [5.74, 6) is -1.50. The molecule has 1 atom stereocenters. The molecule has 1 aromatic carbocycles. The van der Waals surface area contributed by atoms with Gasteiger partial charge in [-0.05, 0) is 69.4 Å². The Morgan fingerprint density at radius 1 is 1.14 bits per heavy atom. The minimum absolute atomic E-state index is 0.262. The van der Waals surface area contributed by atoms with Gasteiger partial charge in [-0.25, -0.2) is 9.59 Å². The van der Waals surface area contributed by atoms with E-state index in [1.54, 1.807) is 31.2 Å². The number of carbonyl (C=O) groups excluding carboxylic acids is 3. The molecule has 2 aromatic rings. The highest BCUT2D eigenvalue weighted by molar-refractivity contribution is 9.10. The lowest BCUT2D eigenvalue weighted by Crippen LogP contribution is -2.30. The van der Waals surface area contributed by atoms with E-state index in [4.69, 9.17) is 9.47 Å². The topological polar surface area (TPSA) is 81.7 Å². The number of thiophene rings is 1. The van der Waals surface area contributed by atoms with E-state index >= 15 is 0 Å². The van der Waals surface area contributed by atoms with Crippen LogP contribution in [-0.4, -0.2) is 30.6 Å². The van der Waals surface area contributed by atoms with Crippen molar-refractivity contribution in [2.75, 3.05) is 11.9 Å². The smallest absolute Gasteiger partial charge is 0.341 e. The molecule has 0 radical (unpaired) electrons. The van der Waals surface area contributed by atoms with Crippen LogP contribution in [0.2, 0.25) is 0 Å². The third kappa shape index (κ3) is 5.05. The highest BCUT2D eigenvalue weighted by Gasteiger charge is 2.29. The third-order valence-corrected chi connectivity index (χ3v) is 6.36. The van der Waals surface area contributed by atoms with Gasteiger partial charge in [-0.15, -0.1) is 11.3 Å². The number of anilines is 1. The number of aryl methyl sites for hydroxylation is 1. The van der Waals surface area contributed by atoms with E-state index in [-0.39, 0.29) is 6.61 Å². The quantitative estimate of drug-likeness (QED) is 0.604. The number of carbonyl (C=O) groups is 3. The monoisotopic (exact) mass is 479 g/mol. The van der Waals surface area contributed by atoms with E-state index in [0.717, 1.165) is 40.6 Å². The fourth-order valence-corrected chi connectivity index (χ4v) is 4.70. The van der Waals surface area contributed by atoms with E-state index in [0.29, 0.717) is 16.1 Å². The average molecular weight is 480 g/mol. The number of esters is 2. The summed E-state index contributed by atoms with van der Waals surface area (Å²) < 4.78 is 11.3. The first-order valence-electron chi connectivity index (χ1n) is 9.49. The largest absolute Gasteiger partial charge is 0.462 e. The molecule has 1 aromatic heterocycles. The molecule has 0 spiro atoms. The number of fused-ring (bicyclic) bond motifs is 1. The summed E-state index contributed by atoms with van der Waals surface area (Å²) in [5.41, 5.74) is 1.76. The molecule has 154 valence electrons. The number of hydrogen-bond donors (Lipinski definition) is 1. The van der Waals surface area contributed by atoms with Gasteiger partial charge in [0.25, 0.3) is 5.91 Å². The molecule has 0 saturated heterocycles. The van der Waals surface area contributed by atoms with Gasteiger partial charge in [-0.2, -0.15) is 0 Å². The van der Waals surface area contributed by atoms with Crippen LogP contribution >= 0.6 is 27.3 Å². The second-order valence-electron chi connectivity index (χ2n) is 6.68. The second kappa shape index (κ2) is 9.54. The van der Waals surface area contributed by atoms with Crippen molar-refractivity contribution in [3.05, 3.63) is 50.3 Å². The Morgan fingerprint density at radius 2 is 1.83 bits per heavy atom. The summed E-state index contributed by atoms with van der Waals surface area (Å²) >= 11 is 4.71. The van der Waals surface area contributed by atoms with Crippen LogP contribution in [0.1, 0.15) is 57.8 Å². The average Bonchev–Trinajstić information content (AvgIpc) is 3.06. The van der Waals surface area contributed by atoms with Crippen LogP contribution in [0.25, 0.3) is 0 Å². The zero-order valence-corrected chi connectivity index (χ0v) is 18.7. The first-order valence-corrected chi connectivity index (χ1v) is 11.1. The normalized spacial score (nSPS) is 13.9. The second-order valence-corrected chi connectivity index (χ2v) is 8.70. The van der Waals surface area contributed by atoms with Gasteiger partial charge in [0.2, 0.25) is 0 Å². The summed E-state index contributed by atoms with van der Waals surface area (Å²) in [5, 5.41) is 3.23. The van der Waals surface area contributed by atoms with Crippen LogP contribution in [0, 0.1) is 0 Å². The Labute approximate surface area is 181 Å². The highest BCUT2D eigenvalue weighted by atomic mass is 79.9. The van der Waals surface area contributed by atoms with Crippen LogP contribution in [-0.2, 0) is 27.1 Å². The Bertz CT molecular complexity index is 922. The van der Waals surface area contributed by atoms with E-state index in [9.17, 15) is 14.4 Å². The molecular weight excluding hydrogens is 458 g/mol. The molecule has 3 rings (SSSR count). The molecule has 8 heteroatoms. The molecule has 1 heterocycles. The maximum atomic E-state index is 12.6. The molecule has 0 aliphatic heterocycles. The summed E-state index contributed by atoms with van der Waals surface area (Å²) in [4.78, 5) is 38.5. The van der Waals surface area contributed by atoms with Gasteiger partial charge in [0.1, 0.15) is 5.00 Å². The van der Waals surface area contributed by atoms with Gasteiger partial charge in [-0.3, -0.25) is 4.79 Å². The number of hydrogen-bond acceptors (Lipinski definition) is 6. The maximum Gasteiger partial charge on any atom is 0.341 e. The molecule has 1 aliphatic carbocycles. The molecular formula is C21H22BrNO5S. The van der Waals surface area contributed by atoms with Crippen molar-refractivity contribution in [1.29, 1.82) is 0 Å². The molecule has 0 saturated carbocycles. The summed E-state index contributed by atoms with van der Waals surface area (Å²) in [6.45, 7) is 3.51. The lowest BCUT2D eigenvalue weighted by Gasteiger charge is -2.14. The van der Waals surface area contributed by atoms with Gasteiger partial charge >= 0.3 is 11.9 Å². The summed E-state index contributed by atoms with van der Waals surface area (Å²) in [6, 6.07) is 6.68. The molecule has 29 heavy (non-hydrogen) atoms. The standard InChI is InChI=1S/C21H22BrNO5S/c1-3-27-21(26)17-15-6-4-5-7-16(15)29-19(17)23-18(24)12(2)28-20(25)13-8-10-14(22)11-9-13/h8-12H,3-7H2,1-2H3,(H,23,24). The zero-order chi connectivity index (χ0) is 21.0. The Balaban J connectivity index is 1.74. The number of benzene rings is 1. The van der Waals surface area contributed by atoms with Crippen molar-refractivity contribution >= 4 is 50.1 Å². The number of ether oxygens (including phenoxy) is 2. The maximum absolute atomic E-state index is 12.6. The molecule has 1 unspecified atom stereocenters. The van der Waals surface area contributed by atoms with Gasteiger partial charge in [0, 0.05) is 9.35 Å². The van der Waals surface area contributed by atoms with Gasteiger partial charge < -0.3 is 14.8 Å². The van der Waals surface area contributed by atoms with Crippen LogP contribution in [0.3, 0.4) is 0 Å². The molecule has 0 bridgehead atoms. The Hall–Kier alpha value is -2.19. The summed E-state index contributed by atoms with van der Waals surface area (Å²) in [6.07, 6.45) is 2.73. The third-order valence-electron chi connectivity index (χ3n) is 4.62. The molecule has 0 fully saturated rings. The van der Waals surface area contributed by atoms with Crippen LogP contribution in [0.5, 0.6) is 0 Å². The van der Waals surface area contributed by atoms with Crippen molar-refractivity contribution in [2.24, 2.45) is 0 Å². The van der Waals surface area contributed by atoms with E-state index in [1.807, 2.05) is 0 Å². The van der Waals surface area contributed by atoms with Crippen molar-refractivity contribution in [3.8, 4) is 0 Å². The zero-order valence-electron chi connectivity index (χ0n) is 16.2. The number of nitrogens with one attached hydrogen (secondary N) is 1. The molecule has 1 aliphatic rings. The predicted octanol–water partition coefficient (Wildman–Crippen LogP) is 4.75. The SMILES string of the molecule is CCOC(=O)c1c(NC(=O)C(C)OC(=O)c2ccc(Br)cc2)sc2c1CCCC2.